The third kappa shape index (κ3) is 3.42. The number of ketones is 1. The Labute approximate surface area is 120 Å². The van der Waals surface area contributed by atoms with Crippen LogP contribution in [0, 0.1) is 5.92 Å². The molecule has 1 aromatic heterocycles. The molecule has 1 unspecified atom stereocenters. The average molecular weight is 270 g/mol. The van der Waals surface area contributed by atoms with E-state index in [1.807, 2.05) is 30.3 Å². The average Bonchev–Trinajstić information content (AvgIpc) is 2.50. The standard InChI is InChI=1S/C17H22N2O/c1-2-13(10-11-18)8-9-16(20)15-7-3-5-14-6-4-12-19-17(14)15/h3-7,12-13H,2,8-11,18H2,1H3. The summed E-state index contributed by atoms with van der Waals surface area (Å²) < 4.78 is 0. The number of para-hydroxylation sites is 1. The molecule has 1 aromatic carbocycles. The molecular formula is C17H22N2O. The maximum atomic E-state index is 12.4. The first kappa shape index (κ1) is 14.7. The maximum Gasteiger partial charge on any atom is 0.165 e. The van der Waals surface area contributed by atoms with Crippen LogP contribution in [0.3, 0.4) is 0 Å². The fourth-order valence-corrected chi connectivity index (χ4v) is 2.59. The van der Waals surface area contributed by atoms with E-state index < -0.39 is 0 Å². The SMILES string of the molecule is CCC(CCN)CCC(=O)c1cccc2cccnc12. The summed E-state index contributed by atoms with van der Waals surface area (Å²) in [6, 6.07) is 9.67. The molecule has 0 spiro atoms. The van der Waals surface area contributed by atoms with E-state index in [-0.39, 0.29) is 5.78 Å². The van der Waals surface area contributed by atoms with E-state index in [0.29, 0.717) is 18.9 Å². The van der Waals surface area contributed by atoms with Crippen molar-refractivity contribution in [2.24, 2.45) is 11.7 Å². The van der Waals surface area contributed by atoms with E-state index in [2.05, 4.69) is 11.9 Å². The summed E-state index contributed by atoms with van der Waals surface area (Å²) in [5, 5.41) is 1.02. The van der Waals surface area contributed by atoms with Crippen molar-refractivity contribution < 1.29 is 4.79 Å². The number of carbonyl (C=O) groups excluding carboxylic acids is 1. The van der Waals surface area contributed by atoms with Crippen molar-refractivity contribution in [3.05, 3.63) is 42.1 Å². The fraction of sp³-hybridized carbons (Fsp3) is 0.412. The zero-order valence-electron chi connectivity index (χ0n) is 12.0. The van der Waals surface area contributed by atoms with Gasteiger partial charge in [-0.2, -0.15) is 0 Å². The quantitative estimate of drug-likeness (QED) is 0.782. The van der Waals surface area contributed by atoms with Gasteiger partial charge in [-0.3, -0.25) is 9.78 Å². The van der Waals surface area contributed by atoms with Crippen molar-refractivity contribution in [3.8, 4) is 0 Å². The van der Waals surface area contributed by atoms with Gasteiger partial charge in [0, 0.05) is 23.6 Å². The molecule has 0 aliphatic rings. The highest BCUT2D eigenvalue weighted by molar-refractivity contribution is 6.06. The highest BCUT2D eigenvalue weighted by Crippen LogP contribution is 2.21. The van der Waals surface area contributed by atoms with Crippen molar-refractivity contribution in [2.45, 2.75) is 32.6 Å². The van der Waals surface area contributed by atoms with Crippen LogP contribution in [0.15, 0.2) is 36.5 Å². The van der Waals surface area contributed by atoms with Gasteiger partial charge >= 0.3 is 0 Å². The van der Waals surface area contributed by atoms with Crippen LogP contribution in [0.4, 0.5) is 0 Å². The first-order valence-corrected chi connectivity index (χ1v) is 7.33. The summed E-state index contributed by atoms with van der Waals surface area (Å²) in [7, 11) is 0. The second kappa shape index (κ2) is 7.15. The van der Waals surface area contributed by atoms with Gasteiger partial charge in [-0.05, 0) is 37.4 Å². The second-order valence-electron chi connectivity index (χ2n) is 5.19. The minimum absolute atomic E-state index is 0.185. The molecule has 3 heteroatoms. The largest absolute Gasteiger partial charge is 0.330 e. The number of rotatable bonds is 7. The van der Waals surface area contributed by atoms with Crippen molar-refractivity contribution in [1.29, 1.82) is 0 Å². The van der Waals surface area contributed by atoms with E-state index in [1.54, 1.807) is 6.20 Å². The van der Waals surface area contributed by atoms with Gasteiger partial charge in [0.05, 0.1) is 5.52 Å². The molecule has 0 bridgehead atoms. The number of fused-ring (bicyclic) bond motifs is 1. The number of pyridine rings is 1. The summed E-state index contributed by atoms with van der Waals surface area (Å²) in [4.78, 5) is 16.8. The molecule has 2 aromatic rings. The third-order valence-corrected chi connectivity index (χ3v) is 3.87. The van der Waals surface area contributed by atoms with Crippen molar-refractivity contribution in [3.63, 3.8) is 0 Å². The lowest BCUT2D eigenvalue weighted by Gasteiger charge is -2.13. The molecule has 3 nitrogen and oxygen atoms in total. The lowest BCUT2D eigenvalue weighted by atomic mass is 9.93. The third-order valence-electron chi connectivity index (χ3n) is 3.87. The lowest BCUT2D eigenvalue weighted by molar-refractivity contribution is 0.0974. The Balaban J connectivity index is 2.11. The van der Waals surface area contributed by atoms with Gasteiger partial charge < -0.3 is 5.73 Å². The topological polar surface area (TPSA) is 56.0 Å². The Morgan fingerprint density at radius 3 is 2.80 bits per heavy atom. The zero-order valence-corrected chi connectivity index (χ0v) is 12.0. The first-order chi connectivity index (χ1) is 9.76. The van der Waals surface area contributed by atoms with Crippen LogP contribution < -0.4 is 5.73 Å². The molecule has 2 rings (SSSR count). The van der Waals surface area contributed by atoms with Gasteiger partial charge in [-0.25, -0.2) is 0 Å². The van der Waals surface area contributed by atoms with Gasteiger partial charge in [-0.15, -0.1) is 0 Å². The molecule has 0 saturated carbocycles. The summed E-state index contributed by atoms with van der Waals surface area (Å²) in [5.74, 6) is 0.733. The molecule has 0 radical (unpaired) electrons. The van der Waals surface area contributed by atoms with Gasteiger partial charge in [0.15, 0.2) is 5.78 Å². The number of nitrogens with two attached hydrogens (primary N) is 1. The number of Topliss-reactive ketones (excluding diaryl/α,β-unsaturated/α-hetero) is 1. The van der Waals surface area contributed by atoms with Crippen LogP contribution in [-0.2, 0) is 0 Å². The Bertz CT molecular complexity index is 575. The molecule has 1 atom stereocenters. The Hall–Kier alpha value is -1.74. The Kier molecular flexibility index (Phi) is 5.24. The van der Waals surface area contributed by atoms with Crippen LogP contribution in [-0.4, -0.2) is 17.3 Å². The normalized spacial score (nSPS) is 12.5. The first-order valence-electron chi connectivity index (χ1n) is 7.33. The summed E-state index contributed by atoms with van der Waals surface area (Å²) in [5.41, 5.74) is 7.16. The maximum absolute atomic E-state index is 12.4. The van der Waals surface area contributed by atoms with E-state index in [9.17, 15) is 4.79 Å². The van der Waals surface area contributed by atoms with Crippen molar-refractivity contribution in [2.75, 3.05) is 6.54 Å². The van der Waals surface area contributed by atoms with E-state index in [4.69, 9.17) is 5.73 Å². The Morgan fingerprint density at radius 1 is 1.25 bits per heavy atom. The van der Waals surface area contributed by atoms with E-state index in [0.717, 1.165) is 35.7 Å². The monoisotopic (exact) mass is 270 g/mol. The summed E-state index contributed by atoms with van der Waals surface area (Å²) in [6.45, 7) is 2.85. The molecule has 0 fully saturated rings. The molecule has 1 heterocycles. The molecule has 20 heavy (non-hydrogen) atoms. The van der Waals surface area contributed by atoms with Crippen molar-refractivity contribution >= 4 is 16.7 Å². The number of aromatic nitrogens is 1. The number of carbonyl (C=O) groups is 1. The smallest absolute Gasteiger partial charge is 0.165 e. The molecule has 0 aliphatic heterocycles. The molecule has 0 amide bonds. The van der Waals surface area contributed by atoms with Gasteiger partial charge in [-0.1, -0.05) is 31.5 Å². The zero-order chi connectivity index (χ0) is 14.4. The minimum atomic E-state index is 0.185. The number of hydrogen-bond donors (Lipinski definition) is 1. The van der Waals surface area contributed by atoms with Crippen LogP contribution in [0.1, 0.15) is 43.0 Å². The summed E-state index contributed by atoms with van der Waals surface area (Å²) in [6.07, 6.45) is 5.31. The van der Waals surface area contributed by atoms with Crippen molar-refractivity contribution in [1.82, 2.24) is 4.98 Å². The minimum Gasteiger partial charge on any atom is -0.330 e. The Morgan fingerprint density at radius 2 is 2.05 bits per heavy atom. The lowest BCUT2D eigenvalue weighted by Crippen LogP contribution is -2.10. The fourth-order valence-electron chi connectivity index (χ4n) is 2.59. The molecule has 106 valence electrons. The number of nitrogens with zero attached hydrogens (tertiary/aromatic N) is 1. The highest BCUT2D eigenvalue weighted by Gasteiger charge is 2.13. The van der Waals surface area contributed by atoms with Crippen LogP contribution >= 0.6 is 0 Å². The van der Waals surface area contributed by atoms with Gasteiger partial charge in [0.1, 0.15) is 0 Å². The predicted molar refractivity (Wildman–Crippen MR) is 82.8 cm³/mol. The van der Waals surface area contributed by atoms with E-state index >= 15 is 0 Å². The molecular weight excluding hydrogens is 248 g/mol. The molecule has 0 aliphatic carbocycles. The van der Waals surface area contributed by atoms with Crippen LogP contribution in [0.5, 0.6) is 0 Å². The van der Waals surface area contributed by atoms with E-state index in [1.165, 1.54) is 0 Å². The van der Waals surface area contributed by atoms with Crippen LogP contribution in [0.2, 0.25) is 0 Å². The highest BCUT2D eigenvalue weighted by atomic mass is 16.1. The second-order valence-corrected chi connectivity index (χ2v) is 5.19. The summed E-state index contributed by atoms with van der Waals surface area (Å²) >= 11 is 0. The van der Waals surface area contributed by atoms with Gasteiger partial charge in [0.25, 0.3) is 0 Å². The van der Waals surface area contributed by atoms with Gasteiger partial charge in [0.2, 0.25) is 0 Å². The molecule has 2 N–H and O–H groups in total. The molecule has 0 saturated heterocycles. The van der Waals surface area contributed by atoms with Crippen LogP contribution in [0.25, 0.3) is 10.9 Å². The number of benzene rings is 1. The predicted octanol–water partition coefficient (Wildman–Crippen LogP) is 3.57. The number of hydrogen-bond acceptors (Lipinski definition) is 3.